The third kappa shape index (κ3) is 2.85. The Kier molecular flexibility index (Phi) is 3.14. The van der Waals surface area contributed by atoms with Gasteiger partial charge in [0.1, 0.15) is 5.82 Å². The van der Waals surface area contributed by atoms with Crippen molar-refractivity contribution in [3.8, 4) is 0 Å². The number of halogens is 1. The third-order valence-corrected chi connectivity index (χ3v) is 3.69. The molecule has 0 aliphatic heterocycles. The molecule has 0 atom stereocenters. The lowest BCUT2D eigenvalue weighted by Crippen LogP contribution is -2.07. The van der Waals surface area contributed by atoms with E-state index in [9.17, 15) is 12.8 Å². The van der Waals surface area contributed by atoms with Gasteiger partial charge in [0.25, 0.3) is 0 Å². The van der Waals surface area contributed by atoms with Crippen LogP contribution in [0.3, 0.4) is 0 Å². The van der Waals surface area contributed by atoms with E-state index in [0.717, 1.165) is 0 Å². The zero-order valence-corrected chi connectivity index (χ0v) is 9.56. The molecule has 0 amide bonds. The molecule has 2 rings (SSSR count). The highest BCUT2D eigenvalue weighted by Gasteiger charge is 2.16. The van der Waals surface area contributed by atoms with Gasteiger partial charge in [0.2, 0.25) is 9.84 Å². The zero-order valence-electron chi connectivity index (χ0n) is 8.75. The molecule has 17 heavy (non-hydrogen) atoms. The van der Waals surface area contributed by atoms with Gasteiger partial charge in [-0.15, -0.1) is 0 Å². The third-order valence-electron chi connectivity index (χ3n) is 2.13. The van der Waals surface area contributed by atoms with Crippen molar-refractivity contribution < 1.29 is 12.8 Å². The molecule has 0 radical (unpaired) electrons. The summed E-state index contributed by atoms with van der Waals surface area (Å²) in [5.74, 6) is -0.614. The maximum absolute atomic E-state index is 12.7. The number of hydrogen-bond donors (Lipinski definition) is 0. The van der Waals surface area contributed by atoms with Crippen molar-refractivity contribution in [1.29, 1.82) is 0 Å². The van der Waals surface area contributed by atoms with E-state index in [1.807, 2.05) is 0 Å². The normalized spacial score (nSPS) is 11.4. The standard InChI is InChI=1S/C11H9FN2O2S/c12-10-3-1-9(2-4-10)8-17(15,16)11-7-13-5-6-14-11/h1-7H,8H2. The summed E-state index contributed by atoms with van der Waals surface area (Å²) in [5.41, 5.74) is 0.511. The van der Waals surface area contributed by atoms with Gasteiger partial charge in [-0.05, 0) is 17.7 Å². The number of benzene rings is 1. The molecule has 0 N–H and O–H groups in total. The van der Waals surface area contributed by atoms with E-state index in [2.05, 4.69) is 9.97 Å². The predicted octanol–water partition coefficient (Wildman–Crippen LogP) is 1.59. The van der Waals surface area contributed by atoms with Gasteiger partial charge in [-0.3, -0.25) is 4.98 Å². The van der Waals surface area contributed by atoms with Crippen LogP contribution in [0.5, 0.6) is 0 Å². The first-order chi connectivity index (χ1) is 8.08. The Hall–Kier alpha value is -1.82. The second-order valence-electron chi connectivity index (χ2n) is 3.43. The van der Waals surface area contributed by atoms with Gasteiger partial charge in [-0.25, -0.2) is 17.8 Å². The largest absolute Gasteiger partial charge is 0.260 e. The minimum Gasteiger partial charge on any atom is -0.260 e. The molecule has 4 nitrogen and oxygen atoms in total. The summed E-state index contributed by atoms with van der Waals surface area (Å²) in [4.78, 5) is 7.44. The first kappa shape index (κ1) is 11.7. The lowest BCUT2D eigenvalue weighted by Gasteiger charge is -2.02. The predicted molar refractivity (Wildman–Crippen MR) is 59.3 cm³/mol. The van der Waals surface area contributed by atoms with Crippen molar-refractivity contribution >= 4 is 9.84 Å². The highest BCUT2D eigenvalue weighted by molar-refractivity contribution is 7.90. The first-order valence-corrected chi connectivity index (χ1v) is 6.46. The minimum absolute atomic E-state index is 0.0793. The summed E-state index contributed by atoms with van der Waals surface area (Å²) in [5, 5.41) is -0.0793. The molecule has 1 aromatic carbocycles. The maximum Gasteiger partial charge on any atom is 0.201 e. The average Bonchev–Trinajstić information content (AvgIpc) is 2.33. The van der Waals surface area contributed by atoms with E-state index >= 15 is 0 Å². The van der Waals surface area contributed by atoms with Crippen molar-refractivity contribution in [2.24, 2.45) is 0 Å². The molecule has 0 aliphatic rings. The summed E-state index contributed by atoms with van der Waals surface area (Å²) in [6.07, 6.45) is 3.91. The Labute approximate surface area is 98.1 Å². The van der Waals surface area contributed by atoms with Crippen LogP contribution >= 0.6 is 0 Å². The fourth-order valence-corrected chi connectivity index (χ4v) is 2.54. The van der Waals surface area contributed by atoms with Crippen molar-refractivity contribution in [2.75, 3.05) is 0 Å². The fourth-order valence-electron chi connectivity index (χ4n) is 1.32. The molecular formula is C11H9FN2O2S. The lowest BCUT2D eigenvalue weighted by atomic mass is 10.2. The highest BCUT2D eigenvalue weighted by Crippen LogP contribution is 2.13. The van der Waals surface area contributed by atoms with Crippen molar-refractivity contribution in [3.63, 3.8) is 0 Å². The molecule has 88 valence electrons. The van der Waals surface area contributed by atoms with Crippen LogP contribution in [0.4, 0.5) is 4.39 Å². The lowest BCUT2D eigenvalue weighted by molar-refractivity contribution is 0.590. The summed E-state index contributed by atoms with van der Waals surface area (Å²) in [7, 11) is -3.52. The Morgan fingerprint density at radius 1 is 1.12 bits per heavy atom. The Morgan fingerprint density at radius 2 is 1.82 bits per heavy atom. The number of nitrogens with zero attached hydrogens (tertiary/aromatic N) is 2. The average molecular weight is 252 g/mol. The quantitative estimate of drug-likeness (QED) is 0.832. The second-order valence-corrected chi connectivity index (χ2v) is 5.37. The molecule has 0 unspecified atom stereocenters. The Balaban J connectivity index is 2.27. The van der Waals surface area contributed by atoms with Crippen LogP contribution < -0.4 is 0 Å². The van der Waals surface area contributed by atoms with E-state index in [-0.39, 0.29) is 10.8 Å². The van der Waals surface area contributed by atoms with E-state index in [1.165, 1.54) is 42.9 Å². The van der Waals surface area contributed by atoms with E-state index in [1.54, 1.807) is 0 Å². The molecule has 1 heterocycles. The molecule has 0 spiro atoms. The summed E-state index contributed by atoms with van der Waals surface area (Å²) < 4.78 is 36.5. The van der Waals surface area contributed by atoms with Crippen LogP contribution in [0, 0.1) is 5.82 Å². The van der Waals surface area contributed by atoms with Gasteiger partial charge in [0, 0.05) is 12.4 Å². The fraction of sp³-hybridized carbons (Fsp3) is 0.0909. The number of hydrogen-bond acceptors (Lipinski definition) is 4. The molecule has 0 bridgehead atoms. The molecule has 2 aromatic rings. The molecule has 0 fully saturated rings. The van der Waals surface area contributed by atoms with Crippen LogP contribution in [0.15, 0.2) is 47.9 Å². The second kappa shape index (κ2) is 4.58. The Bertz CT molecular complexity index is 597. The molecule has 1 aromatic heterocycles. The van der Waals surface area contributed by atoms with Crippen molar-refractivity contribution in [3.05, 3.63) is 54.2 Å². The van der Waals surface area contributed by atoms with Gasteiger partial charge >= 0.3 is 0 Å². The van der Waals surface area contributed by atoms with Gasteiger partial charge < -0.3 is 0 Å². The zero-order chi connectivity index (χ0) is 12.3. The van der Waals surface area contributed by atoms with Crippen molar-refractivity contribution in [1.82, 2.24) is 9.97 Å². The summed E-state index contributed by atoms with van der Waals surface area (Å²) >= 11 is 0. The van der Waals surface area contributed by atoms with Crippen LogP contribution in [-0.2, 0) is 15.6 Å². The van der Waals surface area contributed by atoms with Crippen molar-refractivity contribution in [2.45, 2.75) is 10.8 Å². The molecule has 0 aliphatic carbocycles. The van der Waals surface area contributed by atoms with Gasteiger partial charge in [-0.1, -0.05) is 12.1 Å². The number of aromatic nitrogens is 2. The van der Waals surface area contributed by atoms with E-state index in [0.29, 0.717) is 5.56 Å². The Morgan fingerprint density at radius 3 is 2.41 bits per heavy atom. The highest BCUT2D eigenvalue weighted by atomic mass is 32.2. The summed E-state index contributed by atoms with van der Waals surface area (Å²) in [6.45, 7) is 0. The van der Waals surface area contributed by atoms with Gasteiger partial charge in [0.15, 0.2) is 5.03 Å². The minimum atomic E-state index is -3.52. The van der Waals surface area contributed by atoms with Crippen LogP contribution in [0.2, 0.25) is 0 Å². The van der Waals surface area contributed by atoms with E-state index < -0.39 is 15.7 Å². The first-order valence-electron chi connectivity index (χ1n) is 4.81. The monoisotopic (exact) mass is 252 g/mol. The summed E-state index contributed by atoms with van der Waals surface area (Å²) in [6, 6.07) is 5.32. The maximum atomic E-state index is 12.7. The molecular weight excluding hydrogens is 243 g/mol. The van der Waals surface area contributed by atoms with Crippen LogP contribution in [0.25, 0.3) is 0 Å². The SMILES string of the molecule is O=S(=O)(Cc1ccc(F)cc1)c1cnccn1. The van der Waals surface area contributed by atoms with Gasteiger partial charge in [-0.2, -0.15) is 0 Å². The van der Waals surface area contributed by atoms with Crippen LogP contribution in [0.1, 0.15) is 5.56 Å². The van der Waals surface area contributed by atoms with Gasteiger partial charge in [0.05, 0.1) is 11.9 Å². The number of sulfone groups is 1. The molecule has 0 saturated carbocycles. The van der Waals surface area contributed by atoms with E-state index in [4.69, 9.17) is 0 Å². The molecule has 0 saturated heterocycles. The number of rotatable bonds is 3. The molecule has 6 heteroatoms. The smallest absolute Gasteiger partial charge is 0.201 e. The van der Waals surface area contributed by atoms with Crippen LogP contribution in [-0.4, -0.2) is 18.4 Å². The topological polar surface area (TPSA) is 59.9 Å².